The molecule has 0 bridgehead atoms. The number of halogens is 1. The number of anilines is 1. The van der Waals surface area contributed by atoms with Crippen LogP contribution in [0.5, 0.6) is 5.75 Å². The summed E-state index contributed by atoms with van der Waals surface area (Å²) in [5.41, 5.74) is 1.94. The van der Waals surface area contributed by atoms with E-state index in [4.69, 9.17) is 4.74 Å². The van der Waals surface area contributed by atoms with Crippen LogP contribution in [0.25, 0.3) is 0 Å². The maximum Gasteiger partial charge on any atom is 0.123 e. The van der Waals surface area contributed by atoms with Gasteiger partial charge in [0.15, 0.2) is 0 Å². The Balaban J connectivity index is 2.11. The minimum Gasteiger partial charge on any atom is -0.494 e. The molecule has 0 aromatic heterocycles. The molecule has 21 heavy (non-hydrogen) atoms. The van der Waals surface area contributed by atoms with Crippen LogP contribution in [0.1, 0.15) is 38.3 Å². The van der Waals surface area contributed by atoms with Crippen LogP contribution >= 0.6 is 0 Å². The lowest BCUT2D eigenvalue weighted by Gasteiger charge is -2.19. The molecule has 0 amide bonds. The first kappa shape index (κ1) is 15.4. The molecule has 112 valence electrons. The zero-order valence-electron chi connectivity index (χ0n) is 12.6. The van der Waals surface area contributed by atoms with Gasteiger partial charge in [-0.2, -0.15) is 0 Å². The van der Waals surface area contributed by atoms with Gasteiger partial charge in [-0.25, -0.2) is 4.39 Å². The van der Waals surface area contributed by atoms with Gasteiger partial charge in [0, 0.05) is 11.8 Å². The van der Waals surface area contributed by atoms with E-state index in [1.54, 1.807) is 12.1 Å². The summed E-state index contributed by atoms with van der Waals surface area (Å²) in [6, 6.07) is 14.7. The normalized spacial score (nSPS) is 12.0. The predicted octanol–water partition coefficient (Wildman–Crippen LogP) is 5.18. The van der Waals surface area contributed by atoms with Crippen molar-refractivity contribution in [3.63, 3.8) is 0 Å². The second-order valence-electron chi connectivity index (χ2n) is 5.04. The summed E-state index contributed by atoms with van der Waals surface area (Å²) in [5, 5.41) is 3.44. The summed E-state index contributed by atoms with van der Waals surface area (Å²) < 4.78 is 19.0. The Kier molecular flexibility index (Phi) is 5.61. The van der Waals surface area contributed by atoms with E-state index in [0.29, 0.717) is 6.61 Å². The molecule has 0 saturated heterocycles. The quantitative estimate of drug-likeness (QED) is 0.757. The highest BCUT2D eigenvalue weighted by molar-refractivity contribution is 5.50. The first-order valence-electron chi connectivity index (χ1n) is 7.47. The maximum absolute atomic E-state index is 13.4. The molecule has 0 heterocycles. The Morgan fingerprint density at radius 2 is 1.90 bits per heavy atom. The topological polar surface area (TPSA) is 21.3 Å². The molecule has 1 unspecified atom stereocenters. The molecule has 0 aliphatic rings. The van der Waals surface area contributed by atoms with Crippen molar-refractivity contribution >= 4 is 5.69 Å². The molecule has 0 aliphatic heterocycles. The molecule has 2 rings (SSSR count). The van der Waals surface area contributed by atoms with Gasteiger partial charge in [-0.1, -0.05) is 32.0 Å². The lowest BCUT2D eigenvalue weighted by atomic mass is 10.0. The molecule has 0 aliphatic carbocycles. The van der Waals surface area contributed by atoms with Crippen molar-refractivity contribution < 1.29 is 9.13 Å². The van der Waals surface area contributed by atoms with Crippen LogP contribution in [0.4, 0.5) is 10.1 Å². The monoisotopic (exact) mass is 287 g/mol. The number of benzene rings is 2. The van der Waals surface area contributed by atoms with Crippen molar-refractivity contribution in [2.75, 3.05) is 11.9 Å². The van der Waals surface area contributed by atoms with Crippen molar-refractivity contribution in [1.29, 1.82) is 0 Å². The van der Waals surface area contributed by atoms with E-state index in [1.807, 2.05) is 30.3 Å². The van der Waals surface area contributed by atoms with Crippen LogP contribution in [0.15, 0.2) is 48.5 Å². The smallest absolute Gasteiger partial charge is 0.123 e. The first-order chi connectivity index (χ1) is 10.2. The fourth-order valence-electron chi connectivity index (χ4n) is 2.24. The molecule has 1 N–H and O–H groups in total. The van der Waals surface area contributed by atoms with Crippen molar-refractivity contribution in [3.05, 3.63) is 59.9 Å². The van der Waals surface area contributed by atoms with Crippen LogP contribution in [-0.2, 0) is 0 Å². The summed E-state index contributed by atoms with van der Waals surface area (Å²) in [5.74, 6) is 0.656. The fourth-order valence-corrected chi connectivity index (χ4v) is 2.24. The minimum atomic E-state index is -0.201. The van der Waals surface area contributed by atoms with E-state index in [1.165, 1.54) is 6.07 Å². The Bertz CT molecular complexity index is 571. The second-order valence-corrected chi connectivity index (χ2v) is 5.04. The zero-order chi connectivity index (χ0) is 15.1. The van der Waals surface area contributed by atoms with E-state index in [-0.39, 0.29) is 11.9 Å². The van der Waals surface area contributed by atoms with Crippen LogP contribution < -0.4 is 10.1 Å². The van der Waals surface area contributed by atoms with Crippen molar-refractivity contribution in [2.24, 2.45) is 0 Å². The lowest BCUT2D eigenvalue weighted by Crippen LogP contribution is -2.10. The largest absolute Gasteiger partial charge is 0.494 e. The number of ether oxygens (including phenoxy) is 1. The maximum atomic E-state index is 13.4. The van der Waals surface area contributed by atoms with Gasteiger partial charge in [0.2, 0.25) is 0 Å². The van der Waals surface area contributed by atoms with Crippen LogP contribution in [-0.4, -0.2) is 6.61 Å². The Hall–Kier alpha value is -2.03. The Morgan fingerprint density at radius 1 is 1.10 bits per heavy atom. The molecule has 0 saturated carbocycles. The molecule has 2 aromatic rings. The SMILES string of the molecule is CCCOc1cccc(NC(CC)c2cccc(F)c2)c1. The predicted molar refractivity (Wildman–Crippen MR) is 85.3 cm³/mol. The Labute approximate surface area is 126 Å². The third-order valence-electron chi connectivity index (χ3n) is 3.31. The highest BCUT2D eigenvalue weighted by Gasteiger charge is 2.10. The van der Waals surface area contributed by atoms with E-state index >= 15 is 0 Å². The molecular weight excluding hydrogens is 265 g/mol. The van der Waals surface area contributed by atoms with Gasteiger partial charge in [0.1, 0.15) is 11.6 Å². The fraction of sp³-hybridized carbons (Fsp3) is 0.333. The number of hydrogen-bond acceptors (Lipinski definition) is 2. The average Bonchev–Trinajstić information content (AvgIpc) is 2.51. The number of rotatable bonds is 7. The van der Waals surface area contributed by atoms with Gasteiger partial charge in [-0.3, -0.25) is 0 Å². The summed E-state index contributed by atoms with van der Waals surface area (Å²) >= 11 is 0. The van der Waals surface area contributed by atoms with Crippen molar-refractivity contribution in [2.45, 2.75) is 32.7 Å². The summed E-state index contributed by atoms with van der Waals surface area (Å²) in [6.07, 6.45) is 1.86. The Morgan fingerprint density at radius 3 is 2.62 bits per heavy atom. The van der Waals surface area contributed by atoms with Gasteiger partial charge >= 0.3 is 0 Å². The van der Waals surface area contributed by atoms with E-state index in [0.717, 1.165) is 29.8 Å². The molecule has 0 fully saturated rings. The van der Waals surface area contributed by atoms with E-state index < -0.39 is 0 Å². The third-order valence-corrected chi connectivity index (χ3v) is 3.31. The number of nitrogens with one attached hydrogen (secondary N) is 1. The summed E-state index contributed by atoms with van der Waals surface area (Å²) in [4.78, 5) is 0. The third kappa shape index (κ3) is 4.48. The zero-order valence-corrected chi connectivity index (χ0v) is 12.6. The minimum absolute atomic E-state index is 0.0853. The molecular formula is C18H22FNO. The molecule has 2 nitrogen and oxygen atoms in total. The van der Waals surface area contributed by atoms with Gasteiger partial charge in [-0.15, -0.1) is 0 Å². The van der Waals surface area contributed by atoms with Gasteiger partial charge in [0.05, 0.1) is 12.6 Å². The number of hydrogen-bond donors (Lipinski definition) is 1. The van der Waals surface area contributed by atoms with Gasteiger partial charge < -0.3 is 10.1 Å². The summed E-state index contributed by atoms with van der Waals surface area (Å²) in [7, 11) is 0. The van der Waals surface area contributed by atoms with Crippen LogP contribution in [0, 0.1) is 5.82 Å². The van der Waals surface area contributed by atoms with E-state index in [2.05, 4.69) is 19.2 Å². The first-order valence-corrected chi connectivity index (χ1v) is 7.47. The van der Waals surface area contributed by atoms with Crippen molar-refractivity contribution in [1.82, 2.24) is 0 Å². The van der Waals surface area contributed by atoms with Crippen molar-refractivity contribution in [3.8, 4) is 5.75 Å². The van der Waals surface area contributed by atoms with E-state index in [9.17, 15) is 4.39 Å². The van der Waals surface area contributed by atoms with Gasteiger partial charge in [-0.05, 0) is 42.7 Å². The second kappa shape index (κ2) is 7.67. The average molecular weight is 287 g/mol. The molecule has 3 heteroatoms. The molecule has 0 radical (unpaired) electrons. The molecule has 2 aromatic carbocycles. The highest BCUT2D eigenvalue weighted by atomic mass is 19.1. The van der Waals surface area contributed by atoms with Gasteiger partial charge in [0.25, 0.3) is 0 Å². The molecule has 1 atom stereocenters. The standard InChI is InChI=1S/C18H22FNO/c1-3-11-21-17-10-6-9-16(13-17)20-18(4-2)14-7-5-8-15(19)12-14/h5-10,12-13,18,20H,3-4,11H2,1-2H3. The summed E-state index contributed by atoms with van der Waals surface area (Å²) in [6.45, 7) is 4.88. The van der Waals surface area contributed by atoms with Crippen LogP contribution in [0.2, 0.25) is 0 Å². The lowest BCUT2D eigenvalue weighted by molar-refractivity contribution is 0.317. The van der Waals surface area contributed by atoms with Crippen LogP contribution in [0.3, 0.4) is 0 Å². The highest BCUT2D eigenvalue weighted by Crippen LogP contribution is 2.25. The molecule has 0 spiro atoms.